The van der Waals surface area contributed by atoms with Crippen LogP contribution in [0.2, 0.25) is 0 Å². The predicted molar refractivity (Wildman–Crippen MR) is 30.9 cm³/mol. The Hall–Kier alpha value is 1.14. The van der Waals surface area contributed by atoms with Crippen LogP contribution in [0.1, 0.15) is 0 Å². The molecule has 0 bridgehead atoms. The molecule has 6 heteroatoms. The van der Waals surface area contributed by atoms with E-state index in [9.17, 15) is 4.79 Å². The second-order valence-corrected chi connectivity index (χ2v) is 1.07. The summed E-state index contributed by atoms with van der Waals surface area (Å²) in [5.74, 6) is 0. The summed E-state index contributed by atoms with van der Waals surface area (Å²) in [6.45, 7) is 0. The van der Waals surface area contributed by atoms with Crippen LogP contribution in [0.4, 0.5) is 0 Å². The molecule has 0 aliphatic heterocycles. The first-order valence-electron chi connectivity index (χ1n) is 1.39. The Morgan fingerprint density at radius 2 is 1.33 bits per heavy atom. The fourth-order valence-electron chi connectivity index (χ4n) is 0. The molecule has 9 heavy (non-hydrogen) atoms. The topological polar surface area (TPSA) is 20.3 Å². The minimum atomic E-state index is 0. The Morgan fingerprint density at radius 1 is 1.22 bits per heavy atom. The Balaban J connectivity index is -0.0000000133. The maximum absolute atomic E-state index is 9.43. The van der Waals surface area contributed by atoms with E-state index in [2.05, 4.69) is 0 Å². The Morgan fingerprint density at radius 3 is 1.33 bits per heavy atom. The third kappa shape index (κ3) is 47.2. The summed E-state index contributed by atoms with van der Waals surface area (Å²) >= 11 is 0. The van der Waals surface area contributed by atoms with E-state index in [0.29, 0.717) is 0 Å². The molecule has 0 aliphatic rings. The molecule has 0 fully saturated rings. The summed E-state index contributed by atoms with van der Waals surface area (Å²) in [5.41, 5.74) is 0. The zero-order valence-corrected chi connectivity index (χ0v) is 9.69. The van der Waals surface area contributed by atoms with Crippen LogP contribution in [0.3, 0.4) is 0 Å². The number of hydrogen-bond acceptors (Lipinski definition) is 1. The smallest absolute Gasteiger partial charge is 1.00 e. The molecule has 1 unspecified atom stereocenters. The third-order valence-electron chi connectivity index (χ3n) is 0.211. The molecule has 0 rings (SSSR count). The van der Waals surface area contributed by atoms with E-state index in [-0.39, 0.29) is 55.1 Å². The number of carbonyl (C=O) groups is 1. The molecule has 0 aliphatic carbocycles. The molecule has 0 aromatic rings. The molecular weight excluding hydrogens is 274 g/mol. The molecular formula is C3H10Cl2NOPPd. The van der Waals surface area contributed by atoms with E-state index < -0.39 is 0 Å². The molecule has 1 amide bonds. The maximum Gasteiger partial charge on any atom is 2.00 e. The molecule has 0 radical (unpaired) electrons. The van der Waals surface area contributed by atoms with Crippen molar-refractivity contribution in [1.29, 1.82) is 0 Å². The van der Waals surface area contributed by atoms with E-state index in [0.717, 1.165) is 6.41 Å². The monoisotopic (exact) mass is 283 g/mol. The molecule has 0 N–H and O–H groups in total. The van der Waals surface area contributed by atoms with Gasteiger partial charge in [0.2, 0.25) is 6.41 Å². The number of nitrogens with zero attached hydrogens (tertiary/aromatic N) is 1. The van der Waals surface area contributed by atoms with Crippen LogP contribution in [-0.2, 0) is 25.2 Å². The summed E-state index contributed by atoms with van der Waals surface area (Å²) in [5, 5.41) is 0. The molecule has 62 valence electrons. The largest absolute Gasteiger partial charge is 2.00 e. The van der Waals surface area contributed by atoms with Gasteiger partial charge in [0.1, 0.15) is 0 Å². The first-order chi connectivity index (χ1) is 2.27. The normalized spacial score (nSPS) is 3.78. The average molecular weight is 284 g/mol. The standard InChI is InChI=1S/C3H7NO.2ClH.H3P.Pd/c1-4(2)3-5;;;;/h3H,1-2H3;2*1H;1H3;/q;;;;+2/p-2. The zero-order chi connectivity index (χ0) is 4.28. The van der Waals surface area contributed by atoms with Gasteiger partial charge in [-0.05, 0) is 0 Å². The van der Waals surface area contributed by atoms with Crippen molar-refractivity contribution in [3.8, 4) is 0 Å². The van der Waals surface area contributed by atoms with Crippen molar-refractivity contribution >= 4 is 16.3 Å². The number of rotatable bonds is 1. The van der Waals surface area contributed by atoms with Crippen LogP contribution in [-0.4, -0.2) is 25.4 Å². The number of hydrogen-bond donors (Lipinski definition) is 0. The fourth-order valence-corrected chi connectivity index (χ4v) is 0. The van der Waals surface area contributed by atoms with Gasteiger partial charge in [-0.3, -0.25) is 4.79 Å². The predicted octanol–water partition coefficient (Wildman–Crippen LogP) is -6.23. The summed E-state index contributed by atoms with van der Waals surface area (Å²) in [6.07, 6.45) is 0.750. The van der Waals surface area contributed by atoms with Gasteiger partial charge in [0.15, 0.2) is 0 Å². The molecule has 1 atom stereocenters. The minimum absolute atomic E-state index is 0. The van der Waals surface area contributed by atoms with Crippen molar-refractivity contribution in [2.45, 2.75) is 0 Å². The van der Waals surface area contributed by atoms with Crippen LogP contribution >= 0.6 is 9.90 Å². The van der Waals surface area contributed by atoms with Crippen molar-refractivity contribution in [1.82, 2.24) is 4.90 Å². The summed E-state index contributed by atoms with van der Waals surface area (Å²) < 4.78 is 0. The van der Waals surface area contributed by atoms with Crippen LogP contribution in [0.15, 0.2) is 0 Å². The van der Waals surface area contributed by atoms with Gasteiger partial charge >= 0.3 is 20.4 Å². The van der Waals surface area contributed by atoms with Gasteiger partial charge in [0.25, 0.3) is 0 Å². The van der Waals surface area contributed by atoms with Gasteiger partial charge in [-0.2, -0.15) is 9.90 Å². The maximum atomic E-state index is 9.43. The van der Waals surface area contributed by atoms with Gasteiger partial charge in [-0.15, -0.1) is 0 Å². The fraction of sp³-hybridized carbons (Fsp3) is 0.667. The van der Waals surface area contributed by atoms with Gasteiger partial charge in [0, 0.05) is 14.1 Å². The Labute approximate surface area is 85.2 Å². The molecule has 0 saturated carbocycles. The number of amides is 1. The van der Waals surface area contributed by atoms with Gasteiger partial charge < -0.3 is 29.7 Å². The van der Waals surface area contributed by atoms with Crippen molar-refractivity contribution in [2.24, 2.45) is 0 Å². The molecule has 2 nitrogen and oxygen atoms in total. The minimum Gasteiger partial charge on any atom is -1.00 e. The van der Waals surface area contributed by atoms with Crippen LogP contribution in [0, 0.1) is 0 Å². The van der Waals surface area contributed by atoms with Gasteiger partial charge in [-0.1, -0.05) is 0 Å². The van der Waals surface area contributed by atoms with Crippen molar-refractivity contribution in [2.75, 3.05) is 14.1 Å². The van der Waals surface area contributed by atoms with E-state index in [1.54, 1.807) is 14.1 Å². The van der Waals surface area contributed by atoms with Crippen LogP contribution < -0.4 is 24.8 Å². The second kappa shape index (κ2) is 22.9. The molecule has 0 heterocycles. The summed E-state index contributed by atoms with van der Waals surface area (Å²) in [6, 6.07) is 0. The average Bonchev–Trinajstić information content (AvgIpc) is 1.38. The van der Waals surface area contributed by atoms with Crippen LogP contribution in [0.5, 0.6) is 0 Å². The van der Waals surface area contributed by atoms with Crippen LogP contribution in [0.25, 0.3) is 0 Å². The molecule has 0 saturated heterocycles. The Bertz CT molecular complexity index is 48.8. The van der Waals surface area contributed by atoms with E-state index >= 15 is 0 Å². The molecule has 0 spiro atoms. The molecule has 0 aromatic heterocycles. The van der Waals surface area contributed by atoms with E-state index in [4.69, 9.17) is 0 Å². The van der Waals surface area contributed by atoms with E-state index in [1.165, 1.54) is 4.90 Å². The second-order valence-electron chi connectivity index (χ2n) is 1.07. The summed E-state index contributed by atoms with van der Waals surface area (Å²) in [7, 11) is 3.38. The van der Waals surface area contributed by atoms with Gasteiger partial charge in [-0.25, -0.2) is 0 Å². The third-order valence-corrected chi connectivity index (χ3v) is 0.211. The number of carbonyl (C=O) groups excluding carboxylic acids is 1. The Kier molecular flexibility index (Phi) is 81.6. The summed E-state index contributed by atoms with van der Waals surface area (Å²) in [4.78, 5) is 10.9. The van der Waals surface area contributed by atoms with Crippen molar-refractivity contribution in [3.05, 3.63) is 0 Å². The zero-order valence-electron chi connectivity index (χ0n) is 5.21. The first kappa shape index (κ1) is 32.1. The number of halogens is 2. The van der Waals surface area contributed by atoms with Crippen molar-refractivity contribution in [3.63, 3.8) is 0 Å². The first-order valence-corrected chi connectivity index (χ1v) is 1.39. The van der Waals surface area contributed by atoms with Gasteiger partial charge in [0.05, 0.1) is 0 Å². The van der Waals surface area contributed by atoms with E-state index in [1.807, 2.05) is 0 Å². The SMILES string of the molecule is CN(C)C=O.P.[Cl-].[Cl-].[Pd+2]. The van der Waals surface area contributed by atoms with Crippen molar-refractivity contribution < 1.29 is 50.0 Å². The molecule has 0 aromatic carbocycles. The quantitative estimate of drug-likeness (QED) is 0.267.